The van der Waals surface area contributed by atoms with E-state index in [2.05, 4.69) is 16.5 Å². The number of rotatable bonds is 6. The fourth-order valence-corrected chi connectivity index (χ4v) is 4.62. The Morgan fingerprint density at radius 2 is 1.67 bits per heavy atom. The van der Waals surface area contributed by atoms with Crippen molar-refractivity contribution in [1.82, 2.24) is 9.78 Å². The molecule has 6 nitrogen and oxygen atoms in total. The number of nitriles is 1. The highest BCUT2D eigenvalue weighted by Gasteiger charge is 2.44. The molecule has 1 aliphatic carbocycles. The molecule has 4 aromatic rings. The number of carbonyl (C=O) groups excluding carboxylic acids is 1. The highest BCUT2D eigenvalue weighted by atomic mass is 35.5. The second kappa shape index (κ2) is 9.69. The van der Waals surface area contributed by atoms with Crippen molar-refractivity contribution in [2.75, 3.05) is 5.32 Å². The first-order valence-electron chi connectivity index (χ1n) is 11.5. The summed E-state index contributed by atoms with van der Waals surface area (Å²) in [7, 11) is 0. The van der Waals surface area contributed by atoms with Crippen molar-refractivity contribution in [1.29, 1.82) is 5.26 Å². The Morgan fingerprint density at radius 3 is 2.28 bits per heavy atom. The van der Waals surface area contributed by atoms with Crippen molar-refractivity contribution < 1.29 is 9.53 Å². The standard InChI is InChI=1S/C28H22Cl2N4O2/c1-18(23-4-2-3-5-24(23)29)36-27(35)33-26-25(30)16-32-34(26)22-12-8-20(9-13-22)19-6-10-21(11-7-19)28(17-31)14-15-28/h2-13,16,18H,14-15H2,1H3,(H,33,35)/t18-/m1/s1. The van der Waals surface area contributed by atoms with Gasteiger partial charge in [0, 0.05) is 10.6 Å². The van der Waals surface area contributed by atoms with Crippen LogP contribution in [-0.4, -0.2) is 15.9 Å². The van der Waals surface area contributed by atoms with Crippen LogP contribution in [0.5, 0.6) is 0 Å². The molecular formula is C28H22Cl2N4O2. The third-order valence-electron chi connectivity index (χ3n) is 6.42. The monoisotopic (exact) mass is 516 g/mol. The van der Waals surface area contributed by atoms with Crippen LogP contribution < -0.4 is 5.32 Å². The summed E-state index contributed by atoms with van der Waals surface area (Å²) in [4.78, 5) is 12.6. The first-order valence-corrected chi connectivity index (χ1v) is 12.2. The fourth-order valence-electron chi connectivity index (χ4n) is 4.16. The van der Waals surface area contributed by atoms with Gasteiger partial charge in [-0.05, 0) is 54.7 Å². The van der Waals surface area contributed by atoms with Gasteiger partial charge in [-0.25, -0.2) is 9.48 Å². The van der Waals surface area contributed by atoms with Crippen LogP contribution in [0.4, 0.5) is 10.6 Å². The third-order valence-corrected chi connectivity index (χ3v) is 7.04. The number of carbonyl (C=O) groups is 1. The summed E-state index contributed by atoms with van der Waals surface area (Å²) in [6.07, 6.45) is 2.08. The highest BCUT2D eigenvalue weighted by molar-refractivity contribution is 6.33. The average Bonchev–Trinajstić information content (AvgIpc) is 3.62. The van der Waals surface area contributed by atoms with E-state index in [-0.39, 0.29) is 10.4 Å². The van der Waals surface area contributed by atoms with Crippen molar-refractivity contribution in [2.24, 2.45) is 0 Å². The number of nitrogens with one attached hydrogen (secondary N) is 1. The molecule has 0 unspecified atom stereocenters. The molecule has 5 rings (SSSR count). The van der Waals surface area contributed by atoms with Gasteiger partial charge in [-0.1, -0.05) is 77.8 Å². The summed E-state index contributed by atoms with van der Waals surface area (Å²) in [6.45, 7) is 1.75. The van der Waals surface area contributed by atoms with Gasteiger partial charge in [-0.2, -0.15) is 10.4 Å². The summed E-state index contributed by atoms with van der Waals surface area (Å²) in [6, 6.07) is 25.5. The first-order chi connectivity index (χ1) is 17.4. The van der Waals surface area contributed by atoms with E-state index >= 15 is 0 Å². The Labute approximate surface area is 219 Å². The molecule has 0 bridgehead atoms. The second-order valence-electron chi connectivity index (χ2n) is 8.77. The fraction of sp³-hybridized carbons (Fsp3) is 0.179. The topological polar surface area (TPSA) is 79.9 Å². The van der Waals surface area contributed by atoms with Gasteiger partial charge in [-0.15, -0.1) is 0 Å². The minimum Gasteiger partial charge on any atom is -0.441 e. The molecule has 0 aliphatic heterocycles. The van der Waals surface area contributed by atoms with E-state index in [9.17, 15) is 10.1 Å². The van der Waals surface area contributed by atoms with Crippen molar-refractivity contribution >= 4 is 35.1 Å². The maximum Gasteiger partial charge on any atom is 0.413 e. The van der Waals surface area contributed by atoms with Crippen molar-refractivity contribution in [3.63, 3.8) is 0 Å². The van der Waals surface area contributed by atoms with Gasteiger partial charge in [0.25, 0.3) is 0 Å². The van der Waals surface area contributed by atoms with Crippen LogP contribution in [0.2, 0.25) is 10.0 Å². The second-order valence-corrected chi connectivity index (χ2v) is 9.58. The number of ether oxygens (including phenoxy) is 1. The van der Waals surface area contributed by atoms with Crippen molar-refractivity contribution in [3.05, 3.63) is 100 Å². The van der Waals surface area contributed by atoms with Crippen LogP contribution in [0.3, 0.4) is 0 Å². The molecule has 3 aromatic carbocycles. The van der Waals surface area contributed by atoms with Gasteiger partial charge in [-0.3, -0.25) is 5.32 Å². The molecular weight excluding hydrogens is 495 g/mol. The predicted octanol–water partition coefficient (Wildman–Crippen LogP) is 7.71. The molecule has 1 N–H and O–H groups in total. The number of benzene rings is 3. The van der Waals surface area contributed by atoms with Crippen LogP contribution in [0.25, 0.3) is 16.8 Å². The quantitative estimate of drug-likeness (QED) is 0.284. The lowest BCUT2D eigenvalue weighted by Gasteiger charge is -2.16. The molecule has 1 saturated carbocycles. The van der Waals surface area contributed by atoms with Crippen molar-refractivity contribution in [2.45, 2.75) is 31.3 Å². The Bertz CT molecular complexity index is 1450. The Morgan fingerprint density at radius 1 is 1.03 bits per heavy atom. The van der Waals surface area contributed by atoms with E-state index in [4.69, 9.17) is 27.9 Å². The van der Waals surface area contributed by atoms with Crippen LogP contribution in [0.15, 0.2) is 79.0 Å². The van der Waals surface area contributed by atoms with Crippen LogP contribution >= 0.6 is 23.2 Å². The van der Waals surface area contributed by atoms with Gasteiger partial charge in [0.1, 0.15) is 11.1 Å². The highest BCUT2D eigenvalue weighted by Crippen LogP contribution is 2.47. The smallest absolute Gasteiger partial charge is 0.413 e. The molecule has 0 radical (unpaired) electrons. The van der Waals surface area contributed by atoms with E-state index < -0.39 is 12.2 Å². The van der Waals surface area contributed by atoms with Gasteiger partial charge >= 0.3 is 6.09 Å². The van der Waals surface area contributed by atoms with Gasteiger partial charge in [0.15, 0.2) is 5.82 Å². The molecule has 1 amide bonds. The number of aromatic nitrogens is 2. The number of hydrogen-bond donors (Lipinski definition) is 1. The summed E-state index contributed by atoms with van der Waals surface area (Å²) in [5.41, 5.74) is 4.27. The molecule has 1 aliphatic rings. The van der Waals surface area contributed by atoms with E-state index in [1.54, 1.807) is 23.7 Å². The summed E-state index contributed by atoms with van der Waals surface area (Å²) in [5.74, 6) is 0.302. The zero-order valence-corrected chi connectivity index (χ0v) is 20.9. The average molecular weight is 517 g/mol. The Hall–Kier alpha value is -3.79. The number of amides is 1. The Kier molecular flexibility index (Phi) is 6.44. The molecule has 1 fully saturated rings. The molecule has 180 valence electrons. The summed E-state index contributed by atoms with van der Waals surface area (Å²) >= 11 is 12.5. The SMILES string of the molecule is C[C@@H](OC(=O)Nc1c(Cl)cnn1-c1ccc(-c2ccc(C3(C#N)CC3)cc2)cc1)c1ccccc1Cl. The molecule has 0 saturated heterocycles. The molecule has 0 spiro atoms. The maximum atomic E-state index is 12.6. The van der Waals surface area contributed by atoms with E-state index in [0.717, 1.165) is 35.2 Å². The number of nitrogens with zero attached hydrogens (tertiary/aromatic N) is 3. The zero-order chi connectivity index (χ0) is 25.3. The summed E-state index contributed by atoms with van der Waals surface area (Å²) in [5, 5.41) is 17.2. The lowest BCUT2D eigenvalue weighted by molar-refractivity contribution is 0.121. The predicted molar refractivity (Wildman–Crippen MR) is 141 cm³/mol. The molecule has 36 heavy (non-hydrogen) atoms. The van der Waals surface area contributed by atoms with Crippen molar-refractivity contribution in [3.8, 4) is 22.9 Å². The molecule has 1 aromatic heterocycles. The van der Waals surface area contributed by atoms with Gasteiger partial charge < -0.3 is 4.74 Å². The minimum atomic E-state index is -0.673. The maximum absolute atomic E-state index is 12.6. The van der Waals surface area contributed by atoms with E-state index in [1.807, 2.05) is 60.7 Å². The van der Waals surface area contributed by atoms with Gasteiger partial charge in [0.2, 0.25) is 0 Å². The molecule has 1 atom stereocenters. The lowest BCUT2D eigenvalue weighted by Crippen LogP contribution is -2.18. The van der Waals surface area contributed by atoms with Gasteiger partial charge in [0.05, 0.1) is 23.4 Å². The number of hydrogen-bond acceptors (Lipinski definition) is 4. The lowest BCUT2D eigenvalue weighted by atomic mass is 9.95. The van der Waals surface area contributed by atoms with E-state index in [1.165, 1.54) is 6.20 Å². The third kappa shape index (κ3) is 4.68. The molecule has 1 heterocycles. The number of anilines is 1. The first kappa shape index (κ1) is 23.9. The van der Waals surface area contributed by atoms with Crippen LogP contribution in [0.1, 0.15) is 37.0 Å². The van der Waals surface area contributed by atoms with Crippen LogP contribution in [-0.2, 0) is 10.2 Å². The van der Waals surface area contributed by atoms with E-state index in [0.29, 0.717) is 16.4 Å². The summed E-state index contributed by atoms with van der Waals surface area (Å²) < 4.78 is 7.05. The zero-order valence-electron chi connectivity index (χ0n) is 19.4. The minimum absolute atomic E-state index is 0.281. The normalized spacial score (nSPS) is 14.5. The Balaban J connectivity index is 1.31. The molecule has 8 heteroatoms. The largest absolute Gasteiger partial charge is 0.441 e. The van der Waals surface area contributed by atoms with Crippen LogP contribution in [0, 0.1) is 11.3 Å². The number of halogens is 2.